The molecule has 2 heterocycles. The average Bonchev–Trinajstić information content (AvgIpc) is 2.93. The molecule has 1 fully saturated rings. The first-order valence-electron chi connectivity index (χ1n) is 14.9. The zero-order chi connectivity index (χ0) is 31.6. The third-order valence-corrected chi connectivity index (χ3v) is 7.91. The summed E-state index contributed by atoms with van der Waals surface area (Å²) < 4.78 is 12.1. The van der Waals surface area contributed by atoms with E-state index in [1.807, 2.05) is 24.3 Å². The number of nitrogens with two attached hydrogens (primary N) is 1. The Morgan fingerprint density at radius 3 is 2.33 bits per heavy atom. The SMILES string of the molecule is CC(C)CC(C)(C)C.NC(=O)OCn1c(=O)ccc2ccc(OCCCCN3CCN(c4cccc(Cl)c4Cl)CC3)cc21. The van der Waals surface area contributed by atoms with E-state index in [1.165, 1.54) is 17.1 Å². The molecule has 2 aromatic carbocycles. The van der Waals surface area contributed by atoms with Gasteiger partial charge in [-0.2, -0.15) is 0 Å². The summed E-state index contributed by atoms with van der Waals surface area (Å²) in [6.07, 6.45) is 2.32. The topological polar surface area (TPSA) is 90.0 Å². The molecule has 0 saturated carbocycles. The Balaban J connectivity index is 0.000000557. The predicted molar refractivity (Wildman–Crippen MR) is 178 cm³/mol. The van der Waals surface area contributed by atoms with Gasteiger partial charge in [0.1, 0.15) is 5.75 Å². The number of primary amides is 1. The van der Waals surface area contributed by atoms with Crippen molar-refractivity contribution in [1.29, 1.82) is 0 Å². The summed E-state index contributed by atoms with van der Waals surface area (Å²) in [6, 6.07) is 14.4. The van der Waals surface area contributed by atoms with Crippen LogP contribution in [0.3, 0.4) is 0 Å². The van der Waals surface area contributed by atoms with Crippen molar-refractivity contribution in [3.05, 3.63) is 68.9 Å². The Bertz CT molecular complexity index is 1400. The van der Waals surface area contributed by atoms with Gasteiger partial charge in [-0.3, -0.25) is 14.3 Å². The Labute approximate surface area is 265 Å². The molecule has 2 N–H and O–H groups in total. The number of carbonyl (C=O) groups excluding carboxylic acids is 1. The van der Waals surface area contributed by atoms with E-state index in [9.17, 15) is 9.59 Å². The number of anilines is 1. The lowest BCUT2D eigenvalue weighted by atomic mass is 9.86. The normalized spacial score (nSPS) is 14.0. The number of fused-ring (bicyclic) bond motifs is 1. The fourth-order valence-corrected chi connectivity index (χ4v) is 5.84. The number of pyridine rings is 1. The molecule has 10 heteroatoms. The van der Waals surface area contributed by atoms with Crippen molar-refractivity contribution in [2.75, 3.05) is 44.2 Å². The first-order valence-corrected chi connectivity index (χ1v) is 15.7. The van der Waals surface area contributed by atoms with Crippen molar-refractivity contribution in [3.63, 3.8) is 0 Å². The van der Waals surface area contributed by atoms with Gasteiger partial charge in [0.2, 0.25) is 0 Å². The quantitative estimate of drug-likeness (QED) is 0.234. The van der Waals surface area contributed by atoms with E-state index in [1.54, 1.807) is 18.2 Å². The van der Waals surface area contributed by atoms with E-state index in [2.05, 4.69) is 44.4 Å². The number of hydrogen-bond donors (Lipinski definition) is 1. The standard InChI is InChI=1S/C25H28Cl2N4O4.C8H18/c26-20-4-3-5-21(24(20)27)30-13-11-29(12-14-30)10-1-2-15-34-19-8-6-18-7-9-23(32)31(22(18)16-19)17-35-25(28)33;1-7(2)6-8(3,4)5/h3-9,16H,1-2,10-15,17H2,(H2,28,33);7H,6H2,1-5H3. The van der Waals surface area contributed by atoms with E-state index in [-0.39, 0.29) is 12.3 Å². The highest BCUT2D eigenvalue weighted by Crippen LogP contribution is 2.33. The van der Waals surface area contributed by atoms with E-state index in [0.717, 1.165) is 62.6 Å². The molecule has 4 rings (SSSR count). The minimum absolute atomic E-state index is 0.244. The van der Waals surface area contributed by atoms with Gasteiger partial charge in [-0.15, -0.1) is 0 Å². The number of amides is 1. The van der Waals surface area contributed by atoms with Gasteiger partial charge in [-0.25, -0.2) is 4.79 Å². The summed E-state index contributed by atoms with van der Waals surface area (Å²) in [5.41, 5.74) is 6.89. The van der Waals surface area contributed by atoms with Crippen LogP contribution in [0, 0.1) is 11.3 Å². The van der Waals surface area contributed by atoms with E-state index in [4.69, 9.17) is 38.4 Å². The van der Waals surface area contributed by atoms with Crippen LogP contribution in [0.1, 0.15) is 53.9 Å². The van der Waals surface area contributed by atoms with E-state index in [0.29, 0.717) is 33.3 Å². The lowest BCUT2D eigenvalue weighted by molar-refractivity contribution is 0.124. The number of benzene rings is 2. The van der Waals surface area contributed by atoms with Crippen LogP contribution >= 0.6 is 23.2 Å². The Morgan fingerprint density at radius 1 is 1.00 bits per heavy atom. The highest BCUT2D eigenvalue weighted by atomic mass is 35.5. The summed E-state index contributed by atoms with van der Waals surface area (Å²) in [4.78, 5) is 27.9. The van der Waals surface area contributed by atoms with Crippen LogP contribution in [0.2, 0.25) is 10.0 Å². The Morgan fingerprint density at radius 2 is 1.70 bits per heavy atom. The molecule has 43 heavy (non-hydrogen) atoms. The number of unbranched alkanes of at least 4 members (excludes halogenated alkanes) is 1. The maximum absolute atomic E-state index is 12.2. The maximum Gasteiger partial charge on any atom is 0.406 e. The minimum Gasteiger partial charge on any atom is -0.494 e. The summed E-state index contributed by atoms with van der Waals surface area (Å²) >= 11 is 12.5. The Hall–Kier alpha value is -2.94. The second-order valence-corrected chi connectivity index (χ2v) is 13.3. The molecular formula is C33H46Cl2N4O4. The van der Waals surface area contributed by atoms with Crippen LogP contribution < -0.4 is 20.9 Å². The summed E-state index contributed by atoms with van der Waals surface area (Å²) in [6.45, 7) is 16.5. The number of carbonyl (C=O) groups is 1. The predicted octanol–water partition coefficient (Wildman–Crippen LogP) is 7.42. The van der Waals surface area contributed by atoms with Crippen LogP contribution in [-0.4, -0.2) is 54.9 Å². The van der Waals surface area contributed by atoms with Crippen LogP contribution in [-0.2, 0) is 11.5 Å². The Kier molecular flexibility index (Phi) is 13.0. The molecule has 1 aliphatic heterocycles. The molecule has 0 atom stereocenters. The number of aromatic nitrogens is 1. The van der Waals surface area contributed by atoms with Crippen LogP contribution in [0.15, 0.2) is 53.3 Å². The molecule has 1 aliphatic rings. The smallest absolute Gasteiger partial charge is 0.406 e. The monoisotopic (exact) mass is 632 g/mol. The van der Waals surface area contributed by atoms with Gasteiger partial charge < -0.3 is 20.1 Å². The molecule has 0 radical (unpaired) electrons. The highest BCUT2D eigenvalue weighted by Gasteiger charge is 2.19. The second kappa shape index (κ2) is 16.2. The van der Waals surface area contributed by atoms with Gasteiger partial charge in [0.15, 0.2) is 6.73 Å². The number of nitrogens with zero attached hydrogens (tertiary/aromatic N) is 3. The molecule has 236 valence electrons. The zero-order valence-electron chi connectivity index (χ0n) is 26.1. The third-order valence-electron chi connectivity index (χ3n) is 7.10. The van der Waals surface area contributed by atoms with Crippen LogP contribution in [0.25, 0.3) is 10.9 Å². The lowest BCUT2D eigenvalue weighted by Gasteiger charge is -2.36. The molecule has 8 nitrogen and oxygen atoms in total. The molecular weight excluding hydrogens is 587 g/mol. The first kappa shape index (κ1) is 34.5. The fraction of sp³-hybridized carbons (Fsp3) is 0.515. The maximum atomic E-state index is 12.2. The van der Waals surface area contributed by atoms with Crippen molar-refractivity contribution in [3.8, 4) is 5.75 Å². The number of hydrogen-bond acceptors (Lipinski definition) is 6. The van der Waals surface area contributed by atoms with Crippen molar-refractivity contribution < 1.29 is 14.3 Å². The van der Waals surface area contributed by atoms with Gasteiger partial charge in [0.05, 0.1) is 27.9 Å². The lowest BCUT2D eigenvalue weighted by Crippen LogP contribution is -2.46. The minimum atomic E-state index is -0.934. The van der Waals surface area contributed by atoms with Crippen molar-refractivity contribution in [2.24, 2.45) is 17.1 Å². The molecule has 0 unspecified atom stereocenters. The molecule has 1 amide bonds. The molecule has 1 aromatic heterocycles. The number of piperazine rings is 1. The molecule has 0 bridgehead atoms. The molecule has 0 spiro atoms. The van der Waals surface area contributed by atoms with Crippen molar-refractivity contribution in [1.82, 2.24) is 9.47 Å². The molecule has 3 aromatic rings. The first-order chi connectivity index (χ1) is 20.3. The van der Waals surface area contributed by atoms with Crippen molar-refractivity contribution >= 4 is 45.9 Å². The van der Waals surface area contributed by atoms with Gasteiger partial charge in [-0.1, -0.05) is 63.9 Å². The summed E-state index contributed by atoms with van der Waals surface area (Å²) in [5.74, 6) is 1.50. The largest absolute Gasteiger partial charge is 0.494 e. The van der Waals surface area contributed by atoms with E-state index < -0.39 is 6.09 Å². The molecule has 0 aliphatic carbocycles. The number of ether oxygens (including phenoxy) is 2. The number of halogens is 2. The van der Waals surface area contributed by atoms with Gasteiger partial charge in [0, 0.05) is 38.3 Å². The van der Waals surface area contributed by atoms with Crippen molar-refractivity contribution in [2.45, 2.75) is 60.6 Å². The third kappa shape index (κ3) is 11.2. The van der Waals surface area contributed by atoms with E-state index >= 15 is 0 Å². The summed E-state index contributed by atoms with van der Waals surface area (Å²) in [5, 5.41) is 2.04. The van der Waals surface area contributed by atoms with Gasteiger partial charge in [-0.05, 0) is 72.9 Å². The average molecular weight is 634 g/mol. The van der Waals surface area contributed by atoms with Crippen LogP contribution in [0.4, 0.5) is 10.5 Å². The zero-order valence-corrected chi connectivity index (χ0v) is 27.6. The second-order valence-electron chi connectivity index (χ2n) is 12.5. The van der Waals surface area contributed by atoms with Gasteiger partial charge in [0.25, 0.3) is 5.56 Å². The van der Waals surface area contributed by atoms with Gasteiger partial charge >= 0.3 is 6.09 Å². The number of rotatable bonds is 10. The fourth-order valence-electron chi connectivity index (χ4n) is 5.42. The summed E-state index contributed by atoms with van der Waals surface area (Å²) in [7, 11) is 0. The van der Waals surface area contributed by atoms with Crippen LogP contribution in [0.5, 0.6) is 5.75 Å². The highest BCUT2D eigenvalue weighted by molar-refractivity contribution is 6.43. The molecule has 1 saturated heterocycles.